The van der Waals surface area contributed by atoms with Gasteiger partial charge in [0.15, 0.2) is 11.6 Å². The molecule has 0 saturated carbocycles. The topological polar surface area (TPSA) is 83.0 Å². The highest BCUT2D eigenvalue weighted by Gasteiger charge is 2.10. The average molecular weight is 288 g/mol. The summed E-state index contributed by atoms with van der Waals surface area (Å²) in [6.07, 6.45) is 1.81. The summed E-state index contributed by atoms with van der Waals surface area (Å²) in [6.45, 7) is 4.56. The summed E-state index contributed by atoms with van der Waals surface area (Å²) in [5.74, 6) is 1.05. The number of ketones is 1. The van der Waals surface area contributed by atoms with Crippen LogP contribution in [-0.4, -0.2) is 27.4 Å². The van der Waals surface area contributed by atoms with Crippen molar-refractivity contribution in [2.75, 3.05) is 12.3 Å². The lowest BCUT2D eigenvalue weighted by molar-refractivity contribution is 0.101. The number of carbonyl (C=O) groups is 1. The fraction of sp³-hybridized carbons (Fsp3) is 0.400. The number of Topliss-reactive ketones (excluding diaryl/α,β-unsaturated/α-hetero) is 1. The summed E-state index contributed by atoms with van der Waals surface area (Å²) in [5, 5.41) is 7.91. The fourth-order valence-corrected chi connectivity index (χ4v) is 2.15. The fourth-order valence-electron chi connectivity index (χ4n) is 2.15. The summed E-state index contributed by atoms with van der Waals surface area (Å²) < 4.78 is 7.45. The van der Waals surface area contributed by atoms with Gasteiger partial charge in [-0.05, 0) is 25.5 Å². The molecule has 2 aromatic rings. The molecular formula is C15H20N4O2. The standard InChI is InChI=1S/C15H20N4O2/c1-3-6-13-15(16)17-18-19(13)9-10-21-14-8-5-4-7-12(14)11(2)20/h4-5,7-8H,3,6,9-10,16H2,1-2H3. The van der Waals surface area contributed by atoms with Gasteiger partial charge in [0, 0.05) is 0 Å². The van der Waals surface area contributed by atoms with Gasteiger partial charge in [0.05, 0.1) is 17.8 Å². The van der Waals surface area contributed by atoms with E-state index >= 15 is 0 Å². The van der Waals surface area contributed by atoms with Crippen LogP contribution in [-0.2, 0) is 13.0 Å². The van der Waals surface area contributed by atoms with E-state index in [-0.39, 0.29) is 5.78 Å². The van der Waals surface area contributed by atoms with E-state index in [1.807, 2.05) is 12.1 Å². The first-order valence-electron chi connectivity index (χ1n) is 7.04. The molecule has 0 amide bonds. The van der Waals surface area contributed by atoms with Crippen molar-refractivity contribution in [1.29, 1.82) is 0 Å². The lowest BCUT2D eigenvalue weighted by atomic mass is 10.1. The molecule has 21 heavy (non-hydrogen) atoms. The monoisotopic (exact) mass is 288 g/mol. The molecule has 0 aliphatic heterocycles. The molecule has 1 aromatic carbocycles. The Labute approximate surface area is 123 Å². The zero-order valence-electron chi connectivity index (χ0n) is 12.4. The van der Waals surface area contributed by atoms with Gasteiger partial charge in [-0.3, -0.25) is 4.79 Å². The Morgan fingerprint density at radius 2 is 2.14 bits per heavy atom. The van der Waals surface area contributed by atoms with Gasteiger partial charge in [-0.1, -0.05) is 30.7 Å². The van der Waals surface area contributed by atoms with Crippen LogP contribution in [0.3, 0.4) is 0 Å². The number of aromatic nitrogens is 3. The Kier molecular flexibility index (Phi) is 4.92. The zero-order valence-corrected chi connectivity index (χ0v) is 12.4. The van der Waals surface area contributed by atoms with Crippen molar-refractivity contribution in [3.8, 4) is 5.75 Å². The van der Waals surface area contributed by atoms with Crippen molar-refractivity contribution in [3.63, 3.8) is 0 Å². The second-order valence-electron chi connectivity index (χ2n) is 4.80. The van der Waals surface area contributed by atoms with Crippen molar-refractivity contribution in [1.82, 2.24) is 15.0 Å². The van der Waals surface area contributed by atoms with Crippen LogP contribution >= 0.6 is 0 Å². The molecule has 0 bridgehead atoms. The van der Waals surface area contributed by atoms with Gasteiger partial charge in [0.25, 0.3) is 0 Å². The van der Waals surface area contributed by atoms with Crippen LogP contribution in [0.4, 0.5) is 5.82 Å². The molecule has 0 aliphatic carbocycles. The number of hydrogen-bond donors (Lipinski definition) is 1. The third-order valence-corrected chi connectivity index (χ3v) is 3.18. The van der Waals surface area contributed by atoms with Crippen molar-refractivity contribution < 1.29 is 9.53 Å². The molecule has 1 heterocycles. The second kappa shape index (κ2) is 6.88. The smallest absolute Gasteiger partial charge is 0.169 e. The highest BCUT2D eigenvalue weighted by atomic mass is 16.5. The SMILES string of the molecule is CCCc1c(N)nnn1CCOc1ccccc1C(C)=O. The van der Waals surface area contributed by atoms with E-state index in [9.17, 15) is 4.79 Å². The summed E-state index contributed by atoms with van der Waals surface area (Å²) in [5.41, 5.74) is 7.31. The van der Waals surface area contributed by atoms with Gasteiger partial charge in [0.2, 0.25) is 0 Å². The molecule has 2 N–H and O–H groups in total. The largest absolute Gasteiger partial charge is 0.491 e. The Morgan fingerprint density at radius 1 is 1.38 bits per heavy atom. The highest BCUT2D eigenvalue weighted by Crippen LogP contribution is 2.18. The van der Waals surface area contributed by atoms with Gasteiger partial charge in [0.1, 0.15) is 12.4 Å². The first-order chi connectivity index (χ1) is 10.1. The van der Waals surface area contributed by atoms with E-state index in [4.69, 9.17) is 10.5 Å². The molecule has 112 valence electrons. The van der Waals surface area contributed by atoms with Gasteiger partial charge >= 0.3 is 0 Å². The van der Waals surface area contributed by atoms with Gasteiger partial charge in [-0.2, -0.15) is 0 Å². The Bertz CT molecular complexity index is 622. The Hall–Kier alpha value is -2.37. The number of nitrogens with two attached hydrogens (primary N) is 1. The molecule has 0 aliphatic rings. The van der Waals surface area contributed by atoms with Gasteiger partial charge in [-0.15, -0.1) is 5.10 Å². The Morgan fingerprint density at radius 3 is 2.86 bits per heavy atom. The van der Waals surface area contributed by atoms with Crippen LogP contribution in [0.5, 0.6) is 5.75 Å². The van der Waals surface area contributed by atoms with E-state index in [1.165, 1.54) is 6.92 Å². The predicted molar refractivity (Wildman–Crippen MR) is 80.4 cm³/mol. The second-order valence-corrected chi connectivity index (χ2v) is 4.80. The van der Waals surface area contributed by atoms with E-state index in [1.54, 1.807) is 16.8 Å². The van der Waals surface area contributed by atoms with E-state index in [2.05, 4.69) is 17.2 Å². The molecule has 0 saturated heterocycles. The van der Waals surface area contributed by atoms with Crippen LogP contribution in [0, 0.1) is 0 Å². The minimum atomic E-state index is -0.0118. The van der Waals surface area contributed by atoms with E-state index in [0.29, 0.717) is 30.3 Å². The average Bonchev–Trinajstić information content (AvgIpc) is 2.81. The van der Waals surface area contributed by atoms with Gasteiger partial charge < -0.3 is 10.5 Å². The first-order valence-corrected chi connectivity index (χ1v) is 7.04. The lowest BCUT2D eigenvalue weighted by Crippen LogP contribution is -2.13. The number of ether oxygens (including phenoxy) is 1. The van der Waals surface area contributed by atoms with Crippen LogP contribution in [0.1, 0.15) is 36.3 Å². The number of nitrogen functional groups attached to an aromatic ring is 1. The first kappa shape index (κ1) is 15.0. The number of benzene rings is 1. The molecule has 0 atom stereocenters. The maximum atomic E-state index is 11.5. The molecule has 0 spiro atoms. The molecule has 2 rings (SSSR count). The van der Waals surface area contributed by atoms with Crippen molar-refractivity contribution in [2.24, 2.45) is 0 Å². The number of hydrogen-bond acceptors (Lipinski definition) is 5. The molecule has 6 heteroatoms. The van der Waals surface area contributed by atoms with E-state index < -0.39 is 0 Å². The third kappa shape index (κ3) is 3.59. The lowest BCUT2D eigenvalue weighted by Gasteiger charge is -2.10. The van der Waals surface area contributed by atoms with E-state index in [0.717, 1.165) is 18.5 Å². The number of carbonyl (C=O) groups excluding carboxylic acids is 1. The maximum Gasteiger partial charge on any atom is 0.169 e. The molecule has 0 radical (unpaired) electrons. The highest BCUT2D eigenvalue weighted by molar-refractivity contribution is 5.96. The number of para-hydroxylation sites is 1. The van der Waals surface area contributed by atoms with Gasteiger partial charge in [-0.25, -0.2) is 4.68 Å². The van der Waals surface area contributed by atoms with Crippen LogP contribution < -0.4 is 10.5 Å². The summed E-state index contributed by atoms with van der Waals surface area (Å²) in [4.78, 5) is 11.5. The number of rotatable bonds is 7. The minimum Gasteiger partial charge on any atom is -0.491 e. The van der Waals surface area contributed by atoms with Crippen LogP contribution in [0.2, 0.25) is 0 Å². The summed E-state index contributed by atoms with van der Waals surface area (Å²) >= 11 is 0. The molecular weight excluding hydrogens is 268 g/mol. The summed E-state index contributed by atoms with van der Waals surface area (Å²) in [6, 6.07) is 7.21. The normalized spacial score (nSPS) is 10.6. The minimum absolute atomic E-state index is 0.0118. The molecule has 6 nitrogen and oxygen atoms in total. The molecule has 0 unspecified atom stereocenters. The number of nitrogens with zero attached hydrogens (tertiary/aromatic N) is 3. The molecule has 0 fully saturated rings. The maximum absolute atomic E-state index is 11.5. The van der Waals surface area contributed by atoms with Crippen LogP contribution in [0.15, 0.2) is 24.3 Å². The third-order valence-electron chi connectivity index (χ3n) is 3.18. The van der Waals surface area contributed by atoms with Crippen molar-refractivity contribution >= 4 is 11.6 Å². The predicted octanol–water partition coefficient (Wildman–Crippen LogP) is 2.09. The number of anilines is 1. The summed E-state index contributed by atoms with van der Waals surface area (Å²) in [7, 11) is 0. The Balaban J connectivity index is 2.01. The molecule has 1 aromatic heterocycles. The van der Waals surface area contributed by atoms with Crippen molar-refractivity contribution in [2.45, 2.75) is 33.2 Å². The van der Waals surface area contributed by atoms with Crippen molar-refractivity contribution in [3.05, 3.63) is 35.5 Å². The quantitative estimate of drug-likeness (QED) is 0.789. The zero-order chi connectivity index (χ0) is 15.2. The van der Waals surface area contributed by atoms with Crippen LogP contribution in [0.25, 0.3) is 0 Å².